The van der Waals surface area contributed by atoms with Crippen molar-refractivity contribution in [3.05, 3.63) is 23.7 Å². The second-order valence-corrected chi connectivity index (χ2v) is 7.00. The first kappa shape index (κ1) is 18.5. The summed E-state index contributed by atoms with van der Waals surface area (Å²) in [5, 5.41) is 0. The van der Waals surface area contributed by atoms with Crippen LogP contribution in [0.1, 0.15) is 80.1 Å². The van der Waals surface area contributed by atoms with E-state index in [2.05, 4.69) is 59.8 Å². The van der Waals surface area contributed by atoms with Gasteiger partial charge < -0.3 is 9.31 Å². The van der Waals surface area contributed by atoms with Crippen LogP contribution >= 0.6 is 0 Å². The molecule has 0 bridgehead atoms. The van der Waals surface area contributed by atoms with Gasteiger partial charge in [-0.05, 0) is 46.0 Å². The number of allylic oxidation sites excluding steroid dienone is 4. The van der Waals surface area contributed by atoms with Gasteiger partial charge in [-0.25, -0.2) is 0 Å². The molecule has 0 atom stereocenters. The highest BCUT2D eigenvalue weighted by Gasteiger charge is 2.51. The van der Waals surface area contributed by atoms with E-state index in [4.69, 9.17) is 9.31 Å². The molecule has 120 valence electrons. The molecule has 1 aliphatic heterocycles. The van der Waals surface area contributed by atoms with Gasteiger partial charge in [-0.15, -0.1) is 0 Å². The van der Waals surface area contributed by atoms with Crippen LogP contribution in [0.25, 0.3) is 0 Å². The minimum Gasteiger partial charge on any atom is -0.400 e. The fraction of sp³-hybridized carbons (Fsp3) is 0.778. The Balaban J connectivity index is 2.74. The van der Waals surface area contributed by atoms with Crippen LogP contribution in [-0.2, 0) is 9.31 Å². The SMILES string of the molecule is CCCC/C=C/C=C(\CCCC)B1OC(C)(C)C(C)(C)O1. The van der Waals surface area contributed by atoms with Crippen molar-refractivity contribution in [3.63, 3.8) is 0 Å². The van der Waals surface area contributed by atoms with Gasteiger partial charge in [-0.3, -0.25) is 0 Å². The standard InChI is InChI=1S/C18H33BO2/c1-7-9-11-12-13-15-16(14-10-8-2)19-20-17(3,4)18(5,6)21-19/h12-13,15H,7-11,14H2,1-6H3/b13-12+,16-15+. The summed E-state index contributed by atoms with van der Waals surface area (Å²) in [6.07, 6.45) is 13.7. The zero-order chi connectivity index (χ0) is 15.9. The molecule has 0 aromatic carbocycles. The lowest BCUT2D eigenvalue weighted by atomic mass is 9.75. The van der Waals surface area contributed by atoms with Crippen molar-refractivity contribution in [2.75, 3.05) is 0 Å². The van der Waals surface area contributed by atoms with E-state index in [1.165, 1.54) is 31.2 Å². The Labute approximate surface area is 132 Å². The lowest BCUT2D eigenvalue weighted by Gasteiger charge is -2.32. The van der Waals surface area contributed by atoms with Gasteiger partial charge in [0.15, 0.2) is 0 Å². The molecule has 1 saturated heterocycles. The number of hydrogen-bond acceptors (Lipinski definition) is 2. The molecule has 0 spiro atoms. The Morgan fingerprint density at radius 3 is 2.05 bits per heavy atom. The van der Waals surface area contributed by atoms with Gasteiger partial charge in [-0.2, -0.15) is 0 Å². The Kier molecular flexibility index (Phi) is 7.22. The summed E-state index contributed by atoms with van der Waals surface area (Å²) < 4.78 is 12.4. The first-order chi connectivity index (χ1) is 9.84. The van der Waals surface area contributed by atoms with Crippen LogP contribution in [-0.4, -0.2) is 18.3 Å². The van der Waals surface area contributed by atoms with Gasteiger partial charge in [0, 0.05) is 0 Å². The van der Waals surface area contributed by atoms with Gasteiger partial charge >= 0.3 is 7.12 Å². The zero-order valence-corrected chi connectivity index (χ0v) is 14.9. The molecule has 0 amide bonds. The molecule has 2 nitrogen and oxygen atoms in total. The fourth-order valence-electron chi connectivity index (χ4n) is 2.26. The minimum atomic E-state index is -0.255. The third-order valence-electron chi connectivity index (χ3n) is 4.55. The predicted molar refractivity (Wildman–Crippen MR) is 92.4 cm³/mol. The highest BCUT2D eigenvalue weighted by atomic mass is 16.7. The third kappa shape index (κ3) is 5.30. The van der Waals surface area contributed by atoms with Gasteiger partial charge in [0.1, 0.15) is 0 Å². The molecule has 0 saturated carbocycles. The third-order valence-corrected chi connectivity index (χ3v) is 4.55. The number of hydrogen-bond donors (Lipinski definition) is 0. The van der Waals surface area contributed by atoms with Crippen molar-refractivity contribution in [1.29, 1.82) is 0 Å². The van der Waals surface area contributed by atoms with E-state index in [0.29, 0.717) is 0 Å². The van der Waals surface area contributed by atoms with Crippen molar-refractivity contribution in [1.82, 2.24) is 0 Å². The van der Waals surface area contributed by atoms with Crippen molar-refractivity contribution < 1.29 is 9.31 Å². The summed E-state index contributed by atoms with van der Waals surface area (Å²) in [4.78, 5) is 0. The summed E-state index contributed by atoms with van der Waals surface area (Å²) in [5.41, 5.74) is 0.757. The Morgan fingerprint density at radius 1 is 0.952 bits per heavy atom. The summed E-state index contributed by atoms with van der Waals surface area (Å²) in [6, 6.07) is 0. The summed E-state index contributed by atoms with van der Waals surface area (Å²) in [6.45, 7) is 12.9. The van der Waals surface area contributed by atoms with E-state index in [0.717, 1.165) is 12.8 Å². The van der Waals surface area contributed by atoms with Gasteiger partial charge in [0.05, 0.1) is 11.2 Å². The Bertz CT molecular complexity index is 353. The maximum atomic E-state index is 6.18. The lowest BCUT2D eigenvalue weighted by molar-refractivity contribution is 0.00578. The summed E-state index contributed by atoms with van der Waals surface area (Å²) >= 11 is 0. The summed E-state index contributed by atoms with van der Waals surface area (Å²) in [5.74, 6) is 0. The van der Waals surface area contributed by atoms with Crippen LogP contribution in [0, 0.1) is 0 Å². The lowest BCUT2D eigenvalue weighted by Crippen LogP contribution is -2.41. The molecule has 0 aromatic heterocycles. The van der Waals surface area contributed by atoms with Crippen LogP contribution < -0.4 is 0 Å². The molecule has 1 rings (SSSR count). The predicted octanol–water partition coefficient (Wildman–Crippen LogP) is 5.48. The van der Waals surface area contributed by atoms with Crippen LogP contribution in [0.15, 0.2) is 23.7 Å². The maximum absolute atomic E-state index is 6.18. The van der Waals surface area contributed by atoms with Crippen molar-refractivity contribution >= 4 is 7.12 Å². The first-order valence-corrected chi connectivity index (χ1v) is 8.55. The minimum absolute atomic E-state index is 0.197. The molecule has 3 heteroatoms. The molecule has 21 heavy (non-hydrogen) atoms. The second kappa shape index (κ2) is 8.19. The molecule has 1 heterocycles. The first-order valence-electron chi connectivity index (χ1n) is 8.55. The van der Waals surface area contributed by atoms with E-state index in [1.807, 2.05) is 0 Å². The van der Waals surface area contributed by atoms with Gasteiger partial charge in [-0.1, -0.05) is 57.8 Å². The van der Waals surface area contributed by atoms with Crippen LogP contribution in [0.3, 0.4) is 0 Å². The average Bonchev–Trinajstić information content (AvgIpc) is 2.61. The van der Waals surface area contributed by atoms with E-state index < -0.39 is 0 Å². The summed E-state index contributed by atoms with van der Waals surface area (Å²) in [7, 11) is -0.197. The fourth-order valence-corrected chi connectivity index (χ4v) is 2.26. The largest absolute Gasteiger partial charge is 0.490 e. The monoisotopic (exact) mass is 292 g/mol. The van der Waals surface area contributed by atoms with Crippen LogP contribution in [0.2, 0.25) is 0 Å². The molecular weight excluding hydrogens is 259 g/mol. The highest BCUT2D eigenvalue weighted by molar-refractivity contribution is 6.54. The molecule has 1 fully saturated rings. The van der Waals surface area contributed by atoms with E-state index in [-0.39, 0.29) is 18.3 Å². The molecule has 0 radical (unpaired) electrons. The van der Waals surface area contributed by atoms with Crippen molar-refractivity contribution in [3.8, 4) is 0 Å². The number of unbranched alkanes of at least 4 members (excludes halogenated alkanes) is 3. The van der Waals surface area contributed by atoms with E-state index >= 15 is 0 Å². The molecule has 0 aliphatic carbocycles. The quantitative estimate of drug-likeness (QED) is 0.335. The second-order valence-electron chi connectivity index (χ2n) is 7.00. The van der Waals surface area contributed by atoms with Crippen LogP contribution in [0.4, 0.5) is 0 Å². The normalized spacial score (nSPS) is 21.4. The molecule has 0 unspecified atom stereocenters. The van der Waals surface area contributed by atoms with E-state index in [9.17, 15) is 0 Å². The Hall–Kier alpha value is -0.535. The van der Waals surface area contributed by atoms with Gasteiger partial charge in [0.25, 0.3) is 0 Å². The molecule has 1 aliphatic rings. The van der Waals surface area contributed by atoms with E-state index in [1.54, 1.807) is 0 Å². The smallest absolute Gasteiger partial charge is 0.400 e. The average molecular weight is 292 g/mol. The molecular formula is C18H33BO2. The topological polar surface area (TPSA) is 18.5 Å². The van der Waals surface area contributed by atoms with Gasteiger partial charge in [0.2, 0.25) is 0 Å². The van der Waals surface area contributed by atoms with Crippen LogP contribution in [0.5, 0.6) is 0 Å². The Morgan fingerprint density at radius 2 is 1.52 bits per heavy atom. The molecule has 0 aromatic rings. The molecule has 0 N–H and O–H groups in total. The number of rotatable bonds is 8. The highest BCUT2D eigenvalue weighted by Crippen LogP contribution is 2.39. The zero-order valence-electron chi connectivity index (χ0n) is 14.9. The van der Waals surface area contributed by atoms with Crippen molar-refractivity contribution in [2.45, 2.75) is 91.3 Å². The van der Waals surface area contributed by atoms with Crippen molar-refractivity contribution in [2.24, 2.45) is 0 Å². The maximum Gasteiger partial charge on any atom is 0.490 e.